The molecule has 6 nitrogen and oxygen atoms in total. The molecule has 0 unspecified atom stereocenters. The molecule has 0 atom stereocenters. The molecule has 0 aliphatic rings. The summed E-state index contributed by atoms with van der Waals surface area (Å²) < 4.78 is 0. The fourth-order valence-corrected chi connectivity index (χ4v) is 2.74. The Morgan fingerprint density at radius 3 is 2.52 bits per heavy atom. The van der Waals surface area contributed by atoms with Gasteiger partial charge in [0.2, 0.25) is 11.8 Å². The van der Waals surface area contributed by atoms with Crippen LogP contribution in [-0.2, 0) is 9.59 Å². The summed E-state index contributed by atoms with van der Waals surface area (Å²) in [5.74, 6) is -0.00638. The molecule has 25 heavy (non-hydrogen) atoms. The van der Waals surface area contributed by atoms with Crippen LogP contribution in [0.3, 0.4) is 0 Å². The molecule has 1 aromatic rings. The highest BCUT2D eigenvalue weighted by atomic mass is 32.2. The highest BCUT2D eigenvalue weighted by Crippen LogP contribution is 2.13. The Balaban J connectivity index is 2.25. The fraction of sp³-hybridized carbons (Fsp3) is 0.412. The van der Waals surface area contributed by atoms with Crippen LogP contribution >= 0.6 is 24.4 Å². The Morgan fingerprint density at radius 2 is 1.88 bits per heavy atom. The Labute approximate surface area is 158 Å². The van der Waals surface area contributed by atoms with E-state index in [1.807, 2.05) is 30.3 Å². The molecule has 1 rings (SSSR count). The molecule has 0 aliphatic heterocycles. The number of thiol groups is 1. The first-order valence-corrected chi connectivity index (χ1v) is 9.47. The van der Waals surface area contributed by atoms with Gasteiger partial charge in [0.15, 0.2) is 5.17 Å². The van der Waals surface area contributed by atoms with Crippen molar-refractivity contribution < 1.29 is 9.59 Å². The van der Waals surface area contributed by atoms with Gasteiger partial charge in [-0.3, -0.25) is 20.0 Å². The Bertz CT molecular complexity index is 606. The van der Waals surface area contributed by atoms with Gasteiger partial charge in [-0.25, -0.2) is 0 Å². The van der Waals surface area contributed by atoms with Crippen LogP contribution in [-0.4, -0.2) is 41.4 Å². The second kappa shape index (κ2) is 12.5. The van der Waals surface area contributed by atoms with Crippen molar-refractivity contribution in [3.8, 4) is 0 Å². The first-order chi connectivity index (χ1) is 12.1. The molecule has 3 N–H and O–H groups in total. The maximum Gasteiger partial charge on any atom is 0.229 e. The van der Waals surface area contributed by atoms with Crippen LogP contribution in [0, 0.1) is 5.41 Å². The molecule has 0 heterocycles. The fourth-order valence-electron chi connectivity index (χ4n) is 1.92. The van der Waals surface area contributed by atoms with Crippen molar-refractivity contribution in [2.24, 2.45) is 4.99 Å². The van der Waals surface area contributed by atoms with Crippen molar-refractivity contribution >= 4 is 46.4 Å². The summed E-state index contributed by atoms with van der Waals surface area (Å²) in [6.07, 6.45) is 2.81. The van der Waals surface area contributed by atoms with Gasteiger partial charge < -0.3 is 10.6 Å². The summed E-state index contributed by atoms with van der Waals surface area (Å²) in [5.41, 5.74) is 0.783. The van der Waals surface area contributed by atoms with E-state index in [-0.39, 0.29) is 17.6 Å². The SMILES string of the molecule is CN=C(NC(=O)CCCCCNC(=O)CS)SC(=N)c1ccccc1. The van der Waals surface area contributed by atoms with Gasteiger partial charge in [0, 0.05) is 25.6 Å². The summed E-state index contributed by atoms with van der Waals surface area (Å²) in [6.45, 7) is 0.604. The molecule has 0 bridgehead atoms. The molecular formula is C17H24N4O2S2. The van der Waals surface area contributed by atoms with Gasteiger partial charge in [0.1, 0.15) is 5.04 Å². The predicted molar refractivity (Wildman–Crippen MR) is 108 cm³/mol. The maximum absolute atomic E-state index is 12.0. The number of carbonyl (C=O) groups excluding carboxylic acids is 2. The average molecular weight is 381 g/mol. The molecule has 0 aliphatic carbocycles. The number of thioether (sulfide) groups is 1. The predicted octanol–water partition coefficient (Wildman–Crippen LogP) is 2.45. The highest BCUT2D eigenvalue weighted by molar-refractivity contribution is 8.26. The lowest BCUT2D eigenvalue weighted by molar-refractivity contribution is -0.120. The van der Waals surface area contributed by atoms with Crippen LogP contribution in [0.4, 0.5) is 0 Å². The molecule has 1 aromatic carbocycles. The molecular weight excluding hydrogens is 356 g/mol. The lowest BCUT2D eigenvalue weighted by atomic mass is 10.2. The standard InChI is InChI=1S/C17H24N4O2S2/c1-19-17(25-16(18)13-8-4-2-5-9-13)21-14(22)10-6-3-7-11-20-15(23)12-24/h2,4-5,8-9,18,24H,3,6-7,10-12H2,1H3,(H,20,23)(H,19,21,22). The van der Waals surface area contributed by atoms with Crippen molar-refractivity contribution in [3.63, 3.8) is 0 Å². The normalized spacial score (nSPS) is 11.0. The summed E-state index contributed by atoms with van der Waals surface area (Å²) in [4.78, 5) is 27.0. The van der Waals surface area contributed by atoms with Crippen molar-refractivity contribution in [1.82, 2.24) is 10.6 Å². The zero-order valence-corrected chi connectivity index (χ0v) is 16.0. The maximum atomic E-state index is 12.0. The molecule has 0 radical (unpaired) electrons. The number of hydrogen-bond acceptors (Lipinski definition) is 6. The second-order valence-corrected chi connectivity index (χ2v) is 6.51. The molecule has 0 saturated heterocycles. The summed E-state index contributed by atoms with van der Waals surface area (Å²) >= 11 is 5.01. The molecule has 0 spiro atoms. The van der Waals surface area contributed by atoms with Crippen LogP contribution in [0.25, 0.3) is 0 Å². The van der Waals surface area contributed by atoms with Crippen LogP contribution in [0.15, 0.2) is 35.3 Å². The Kier molecular flexibility index (Phi) is 10.7. The average Bonchev–Trinajstić information content (AvgIpc) is 2.64. The molecule has 2 amide bonds. The zero-order chi connectivity index (χ0) is 18.5. The summed E-state index contributed by atoms with van der Waals surface area (Å²) in [6, 6.07) is 9.31. The number of hydrogen-bond donors (Lipinski definition) is 4. The quantitative estimate of drug-likeness (QED) is 0.241. The number of nitrogens with one attached hydrogen (secondary N) is 3. The monoisotopic (exact) mass is 380 g/mol. The van der Waals surface area contributed by atoms with E-state index in [2.05, 4.69) is 28.3 Å². The molecule has 0 fully saturated rings. The zero-order valence-electron chi connectivity index (χ0n) is 14.2. The molecule has 8 heteroatoms. The minimum absolute atomic E-state index is 0.0808. The van der Waals surface area contributed by atoms with Gasteiger partial charge in [-0.15, -0.1) is 0 Å². The number of unbranched alkanes of at least 4 members (excludes halogenated alkanes) is 2. The van der Waals surface area contributed by atoms with Crippen molar-refractivity contribution in [2.45, 2.75) is 25.7 Å². The van der Waals surface area contributed by atoms with Gasteiger partial charge in [0.05, 0.1) is 5.75 Å². The smallest absolute Gasteiger partial charge is 0.229 e. The van der Waals surface area contributed by atoms with Crippen molar-refractivity contribution in [2.75, 3.05) is 19.3 Å². The third-order valence-corrected chi connectivity index (χ3v) is 4.44. The number of benzene rings is 1. The minimum atomic E-state index is -0.117. The number of aliphatic imine (C=N–C) groups is 1. The van der Waals surface area contributed by atoms with Gasteiger partial charge in [-0.1, -0.05) is 36.8 Å². The number of amidine groups is 1. The lowest BCUT2D eigenvalue weighted by Gasteiger charge is -2.09. The van der Waals surface area contributed by atoms with Gasteiger partial charge in [-0.2, -0.15) is 12.6 Å². The summed E-state index contributed by atoms with van der Waals surface area (Å²) in [7, 11) is 1.59. The number of nitrogens with zero attached hydrogens (tertiary/aromatic N) is 1. The van der Waals surface area contributed by atoms with E-state index in [4.69, 9.17) is 5.41 Å². The minimum Gasteiger partial charge on any atom is -0.355 e. The summed E-state index contributed by atoms with van der Waals surface area (Å²) in [5, 5.41) is 14.3. The Morgan fingerprint density at radius 1 is 1.16 bits per heavy atom. The highest BCUT2D eigenvalue weighted by Gasteiger charge is 2.10. The van der Waals surface area contributed by atoms with E-state index in [1.54, 1.807) is 7.05 Å². The molecule has 0 saturated carbocycles. The van der Waals surface area contributed by atoms with E-state index in [0.717, 1.165) is 36.6 Å². The first kappa shape index (κ1) is 21.2. The second-order valence-electron chi connectivity index (χ2n) is 5.19. The number of carbonyl (C=O) groups is 2. The van der Waals surface area contributed by atoms with Crippen LogP contribution < -0.4 is 10.6 Å². The van der Waals surface area contributed by atoms with Crippen LogP contribution in [0.2, 0.25) is 0 Å². The van der Waals surface area contributed by atoms with E-state index < -0.39 is 0 Å². The molecule has 136 valence electrons. The van der Waals surface area contributed by atoms with Gasteiger partial charge >= 0.3 is 0 Å². The Hall–Kier alpha value is -1.80. The number of amides is 2. The lowest BCUT2D eigenvalue weighted by Crippen LogP contribution is -2.29. The molecule has 0 aromatic heterocycles. The van der Waals surface area contributed by atoms with Gasteiger partial charge in [-0.05, 0) is 24.6 Å². The van der Waals surface area contributed by atoms with E-state index in [0.29, 0.717) is 23.2 Å². The van der Waals surface area contributed by atoms with Crippen molar-refractivity contribution in [1.29, 1.82) is 5.41 Å². The van der Waals surface area contributed by atoms with E-state index >= 15 is 0 Å². The van der Waals surface area contributed by atoms with Gasteiger partial charge in [0.25, 0.3) is 0 Å². The first-order valence-electron chi connectivity index (χ1n) is 8.02. The number of rotatable bonds is 8. The largest absolute Gasteiger partial charge is 0.355 e. The van der Waals surface area contributed by atoms with Crippen molar-refractivity contribution in [3.05, 3.63) is 35.9 Å². The third kappa shape index (κ3) is 9.31. The van der Waals surface area contributed by atoms with E-state index in [9.17, 15) is 9.59 Å². The topological polar surface area (TPSA) is 94.4 Å². The van der Waals surface area contributed by atoms with E-state index in [1.165, 1.54) is 0 Å². The van der Waals surface area contributed by atoms with Crippen LogP contribution in [0.5, 0.6) is 0 Å². The third-order valence-electron chi connectivity index (χ3n) is 3.23. The van der Waals surface area contributed by atoms with Crippen LogP contribution in [0.1, 0.15) is 31.2 Å².